The first-order chi connectivity index (χ1) is 10.3. The van der Waals surface area contributed by atoms with Gasteiger partial charge >= 0.3 is 0 Å². The molecule has 0 amide bonds. The van der Waals surface area contributed by atoms with Gasteiger partial charge in [0.25, 0.3) is 0 Å². The number of para-hydroxylation sites is 1. The van der Waals surface area contributed by atoms with E-state index in [-0.39, 0.29) is 0 Å². The van der Waals surface area contributed by atoms with Crippen molar-refractivity contribution in [3.05, 3.63) is 47.5 Å². The van der Waals surface area contributed by atoms with Crippen LogP contribution in [0.3, 0.4) is 0 Å². The highest BCUT2D eigenvalue weighted by Gasteiger charge is 2.17. The van der Waals surface area contributed by atoms with Crippen LogP contribution in [-0.2, 0) is 11.3 Å². The summed E-state index contributed by atoms with van der Waals surface area (Å²) in [4.78, 5) is 10.3. The van der Waals surface area contributed by atoms with E-state index in [0.717, 1.165) is 48.3 Å². The molecule has 21 heavy (non-hydrogen) atoms. The van der Waals surface area contributed by atoms with Crippen molar-refractivity contribution in [3.63, 3.8) is 0 Å². The quantitative estimate of drug-likeness (QED) is 0.941. The van der Waals surface area contributed by atoms with Gasteiger partial charge in [-0.1, -0.05) is 17.7 Å². The number of hydrogen-bond donors (Lipinski definition) is 1. The van der Waals surface area contributed by atoms with Gasteiger partial charge in [-0.05, 0) is 12.1 Å². The Labute approximate surface area is 128 Å². The summed E-state index contributed by atoms with van der Waals surface area (Å²) in [6.45, 7) is 3.84. The molecule has 1 aliphatic rings. The second kappa shape index (κ2) is 6.74. The second-order valence-corrected chi connectivity index (χ2v) is 5.24. The van der Waals surface area contributed by atoms with E-state index in [4.69, 9.17) is 16.3 Å². The number of benzene rings is 1. The number of anilines is 2. The summed E-state index contributed by atoms with van der Waals surface area (Å²) in [6, 6.07) is 5.92. The molecular weight excluding hydrogens is 288 g/mol. The maximum absolute atomic E-state index is 6.40. The molecule has 2 aromatic rings. The van der Waals surface area contributed by atoms with Crippen LogP contribution in [-0.4, -0.2) is 36.3 Å². The second-order valence-electron chi connectivity index (χ2n) is 4.84. The van der Waals surface area contributed by atoms with Gasteiger partial charge in [0.1, 0.15) is 6.33 Å². The van der Waals surface area contributed by atoms with E-state index in [1.807, 2.05) is 18.2 Å². The Morgan fingerprint density at radius 3 is 2.71 bits per heavy atom. The van der Waals surface area contributed by atoms with E-state index in [2.05, 4.69) is 20.2 Å². The highest BCUT2D eigenvalue weighted by Crippen LogP contribution is 2.34. The van der Waals surface area contributed by atoms with E-state index in [9.17, 15) is 0 Å². The van der Waals surface area contributed by atoms with Crippen molar-refractivity contribution in [1.29, 1.82) is 0 Å². The third kappa shape index (κ3) is 3.43. The molecule has 1 aromatic carbocycles. The lowest BCUT2D eigenvalue weighted by Crippen LogP contribution is -2.36. The van der Waals surface area contributed by atoms with Gasteiger partial charge < -0.3 is 15.0 Å². The lowest BCUT2D eigenvalue weighted by molar-refractivity contribution is 0.123. The smallest absolute Gasteiger partial charge is 0.115 e. The molecule has 110 valence electrons. The molecule has 0 unspecified atom stereocenters. The van der Waals surface area contributed by atoms with Crippen LogP contribution in [0.5, 0.6) is 0 Å². The Balaban J connectivity index is 1.79. The minimum atomic E-state index is 0.665. The molecule has 0 atom stereocenters. The molecule has 6 heteroatoms. The predicted octanol–water partition coefficient (Wildman–Crippen LogP) is 2.58. The van der Waals surface area contributed by atoms with Gasteiger partial charge in [0.2, 0.25) is 0 Å². The Bertz CT molecular complexity index is 587. The summed E-state index contributed by atoms with van der Waals surface area (Å²) >= 11 is 6.40. The summed E-state index contributed by atoms with van der Waals surface area (Å²) in [5.74, 6) is 0. The molecule has 2 heterocycles. The van der Waals surface area contributed by atoms with Crippen molar-refractivity contribution in [3.8, 4) is 0 Å². The first-order valence-corrected chi connectivity index (χ1v) is 7.31. The monoisotopic (exact) mass is 304 g/mol. The zero-order chi connectivity index (χ0) is 14.5. The minimum Gasteiger partial charge on any atom is -0.379 e. The lowest BCUT2D eigenvalue weighted by Gasteiger charge is -2.31. The van der Waals surface area contributed by atoms with Gasteiger partial charge in [0.15, 0.2) is 0 Å². The van der Waals surface area contributed by atoms with Crippen LogP contribution < -0.4 is 10.2 Å². The highest BCUT2D eigenvalue weighted by molar-refractivity contribution is 6.34. The Morgan fingerprint density at radius 1 is 1.19 bits per heavy atom. The number of nitrogens with zero attached hydrogens (tertiary/aromatic N) is 3. The van der Waals surface area contributed by atoms with Crippen LogP contribution >= 0.6 is 11.6 Å². The molecule has 1 saturated heterocycles. The molecule has 0 aliphatic carbocycles. The lowest BCUT2D eigenvalue weighted by atomic mass is 10.2. The van der Waals surface area contributed by atoms with Crippen LogP contribution in [0.15, 0.2) is 36.9 Å². The molecule has 1 aromatic heterocycles. The third-order valence-electron chi connectivity index (χ3n) is 3.41. The number of nitrogens with one attached hydrogen (secondary N) is 1. The van der Waals surface area contributed by atoms with Crippen molar-refractivity contribution in [2.45, 2.75) is 6.54 Å². The molecule has 1 fully saturated rings. The first kappa shape index (κ1) is 14.1. The molecule has 3 rings (SSSR count). The number of aromatic nitrogens is 2. The van der Waals surface area contributed by atoms with E-state index in [0.29, 0.717) is 6.54 Å². The molecule has 0 spiro atoms. The van der Waals surface area contributed by atoms with Gasteiger partial charge in [0, 0.05) is 37.6 Å². The van der Waals surface area contributed by atoms with E-state index >= 15 is 0 Å². The zero-order valence-corrected chi connectivity index (χ0v) is 12.4. The Morgan fingerprint density at radius 2 is 1.95 bits per heavy atom. The van der Waals surface area contributed by atoms with Gasteiger partial charge in [0.05, 0.1) is 29.6 Å². The van der Waals surface area contributed by atoms with Crippen molar-refractivity contribution in [2.24, 2.45) is 0 Å². The van der Waals surface area contributed by atoms with Crippen molar-refractivity contribution in [2.75, 3.05) is 36.5 Å². The summed E-state index contributed by atoms with van der Waals surface area (Å²) in [7, 11) is 0. The fourth-order valence-electron chi connectivity index (χ4n) is 2.38. The largest absolute Gasteiger partial charge is 0.379 e. The van der Waals surface area contributed by atoms with Gasteiger partial charge in [-0.15, -0.1) is 0 Å². The molecule has 0 saturated carbocycles. The fraction of sp³-hybridized carbons (Fsp3) is 0.333. The van der Waals surface area contributed by atoms with Gasteiger partial charge in [-0.3, -0.25) is 0 Å². The van der Waals surface area contributed by atoms with Gasteiger partial charge in [-0.25, -0.2) is 9.97 Å². The average Bonchev–Trinajstić information content (AvgIpc) is 2.55. The molecule has 1 N–H and O–H groups in total. The maximum Gasteiger partial charge on any atom is 0.115 e. The molecular formula is C15H17ClN4O. The third-order valence-corrected chi connectivity index (χ3v) is 3.72. The van der Waals surface area contributed by atoms with E-state index in [1.165, 1.54) is 6.33 Å². The molecule has 1 aliphatic heterocycles. The number of hydrogen-bond acceptors (Lipinski definition) is 5. The Hall–Kier alpha value is -1.85. The van der Waals surface area contributed by atoms with Crippen LogP contribution in [0.1, 0.15) is 5.56 Å². The number of morpholine rings is 1. The van der Waals surface area contributed by atoms with Crippen LogP contribution in [0.25, 0.3) is 0 Å². The summed E-state index contributed by atoms with van der Waals surface area (Å²) < 4.78 is 5.41. The highest BCUT2D eigenvalue weighted by atomic mass is 35.5. The van der Waals surface area contributed by atoms with Crippen molar-refractivity contribution in [1.82, 2.24) is 9.97 Å². The predicted molar refractivity (Wildman–Crippen MR) is 83.8 cm³/mol. The maximum atomic E-state index is 6.40. The van der Waals surface area contributed by atoms with Crippen LogP contribution in [0.2, 0.25) is 5.02 Å². The van der Waals surface area contributed by atoms with Crippen molar-refractivity contribution < 1.29 is 4.74 Å². The summed E-state index contributed by atoms with van der Waals surface area (Å²) in [5, 5.41) is 4.18. The number of halogens is 1. The van der Waals surface area contributed by atoms with Gasteiger partial charge in [-0.2, -0.15) is 0 Å². The first-order valence-electron chi connectivity index (χ1n) is 6.93. The topological polar surface area (TPSA) is 50.3 Å². The molecule has 0 radical (unpaired) electrons. The summed E-state index contributed by atoms with van der Waals surface area (Å²) in [6.07, 6.45) is 5.14. The number of ether oxygens (including phenoxy) is 1. The Kier molecular flexibility index (Phi) is 4.52. The van der Waals surface area contributed by atoms with E-state index < -0.39 is 0 Å². The van der Waals surface area contributed by atoms with Crippen molar-refractivity contribution >= 4 is 23.0 Å². The summed E-state index contributed by atoms with van der Waals surface area (Å²) in [5.41, 5.74) is 3.10. The molecule has 0 bridgehead atoms. The molecule has 5 nitrogen and oxygen atoms in total. The zero-order valence-electron chi connectivity index (χ0n) is 11.6. The normalized spacial score (nSPS) is 15.0. The SMILES string of the molecule is Clc1cccc(NCc2cncnc2)c1N1CCOCC1. The minimum absolute atomic E-state index is 0.665. The van der Waals surface area contributed by atoms with Crippen LogP contribution in [0.4, 0.5) is 11.4 Å². The standard InChI is InChI=1S/C15H17ClN4O/c16-13-2-1-3-14(15(13)20-4-6-21-7-5-20)19-10-12-8-17-11-18-9-12/h1-3,8-9,11,19H,4-7,10H2. The van der Waals surface area contributed by atoms with Crippen LogP contribution in [0, 0.1) is 0 Å². The fourth-order valence-corrected chi connectivity index (χ4v) is 2.68. The average molecular weight is 305 g/mol. The number of rotatable bonds is 4. The van der Waals surface area contributed by atoms with E-state index in [1.54, 1.807) is 12.4 Å².